The summed E-state index contributed by atoms with van der Waals surface area (Å²) in [4.78, 5) is 3.83. The van der Waals surface area contributed by atoms with Gasteiger partial charge in [0.1, 0.15) is 0 Å². The second-order valence-electron chi connectivity index (χ2n) is 6.39. The van der Waals surface area contributed by atoms with Crippen LogP contribution < -0.4 is 10.2 Å². The Labute approximate surface area is 156 Å². The van der Waals surface area contributed by atoms with Crippen LogP contribution in [0, 0.1) is 0 Å². The molecule has 25 heavy (non-hydrogen) atoms. The maximum absolute atomic E-state index is 3.48. The highest BCUT2D eigenvalue weighted by molar-refractivity contribution is 7.97. The molecular formula is C21H29N3S. The predicted molar refractivity (Wildman–Crippen MR) is 110 cm³/mol. The van der Waals surface area contributed by atoms with Crippen molar-refractivity contribution in [3.63, 3.8) is 0 Å². The highest BCUT2D eigenvalue weighted by Crippen LogP contribution is 2.33. The Morgan fingerprint density at radius 2 is 1.48 bits per heavy atom. The number of hydrogen-bond acceptors (Lipinski definition) is 4. The number of benzene rings is 2. The lowest BCUT2D eigenvalue weighted by atomic mass is 10.0. The summed E-state index contributed by atoms with van der Waals surface area (Å²) < 4.78 is 2.37. The number of hydrogen-bond donors (Lipinski definition) is 1. The maximum atomic E-state index is 3.48. The Bertz CT molecular complexity index is 619. The molecule has 3 nitrogen and oxygen atoms in total. The van der Waals surface area contributed by atoms with Gasteiger partial charge in [-0.3, -0.25) is 0 Å². The van der Waals surface area contributed by atoms with Crippen molar-refractivity contribution < 1.29 is 0 Å². The average molecular weight is 356 g/mol. The fraction of sp³-hybridized carbons (Fsp3) is 0.429. The first-order chi connectivity index (χ1) is 12.3. The molecule has 2 aromatic rings. The molecule has 0 atom stereocenters. The first-order valence-corrected chi connectivity index (χ1v) is 10.2. The summed E-state index contributed by atoms with van der Waals surface area (Å²) in [6, 6.07) is 20.4. The molecule has 4 heteroatoms. The largest absolute Gasteiger partial charge is 0.338 e. The molecule has 0 radical (unpaired) electrons. The van der Waals surface area contributed by atoms with Crippen LogP contribution in [-0.4, -0.2) is 36.5 Å². The van der Waals surface area contributed by atoms with Gasteiger partial charge < -0.3 is 10.2 Å². The van der Waals surface area contributed by atoms with Gasteiger partial charge in [0, 0.05) is 35.4 Å². The number of anilines is 2. The second-order valence-corrected chi connectivity index (χ2v) is 7.56. The number of rotatable bonds is 7. The number of piperidine rings is 1. The Hall–Kier alpha value is -1.49. The topological polar surface area (TPSA) is 18.5 Å². The molecule has 3 rings (SSSR count). The minimum atomic E-state index is 0.560. The third-order valence-electron chi connectivity index (χ3n) is 4.76. The summed E-state index contributed by atoms with van der Waals surface area (Å²) in [5.41, 5.74) is 2.58. The van der Waals surface area contributed by atoms with Gasteiger partial charge in [-0.15, -0.1) is 0 Å². The van der Waals surface area contributed by atoms with E-state index in [2.05, 4.69) is 83.0 Å². The van der Waals surface area contributed by atoms with Gasteiger partial charge in [0.15, 0.2) is 0 Å². The Kier molecular flexibility index (Phi) is 6.79. The van der Waals surface area contributed by atoms with Crippen molar-refractivity contribution in [1.29, 1.82) is 0 Å². The molecule has 134 valence electrons. The lowest BCUT2D eigenvalue weighted by Gasteiger charge is -2.36. The lowest BCUT2D eigenvalue weighted by molar-refractivity contribution is 0.452. The quantitative estimate of drug-likeness (QED) is 0.710. The first-order valence-electron chi connectivity index (χ1n) is 9.39. The van der Waals surface area contributed by atoms with Gasteiger partial charge in [-0.05, 0) is 74.3 Å². The molecule has 1 aliphatic heterocycles. The van der Waals surface area contributed by atoms with Gasteiger partial charge in [-0.25, -0.2) is 4.31 Å². The van der Waals surface area contributed by atoms with Crippen LogP contribution in [0.2, 0.25) is 0 Å². The number of nitrogens with zero attached hydrogens (tertiary/aromatic N) is 2. The van der Waals surface area contributed by atoms with Crippen molar-refractivity contribution in [2.24, 2.45) is 0 Å². The van der Waals surface area contributed by atoms with Crippen LogP contribution in [0.1, 0.15) is 26.7 Å². The standard InChI is InChI=1S/C21H29N3S/c1-3-23(4-2)25-21-12-10-19(11-13-21)24(18-8-6-5-7-9-18)20-14-16-22-17-15-20/h5-13,20,22H,3-4,14-17H2,1-2H3. The van der Waals surface area contributed by atoms with Gasteiger partial charge in [0.05, 0.1) is 0 Å². The van der Waals surface area contributed by atoms with E-state index in [1.165, 1.54) is 29.1 Å². The van der Waals surface area contributed by atoms with Crippen molar-refractivity contribution >= 4 is 23.3 Å². The van der Waals surface area contributed by atoms with Gasteiger partial charge in [0.2, 0.25) is 0 Å². The summed E-state index contributed by atoms with van der Waals surface area (Å²) in [6.45, 7) is 8.74. The van der Waals surface area contributed by atoms with Gasteiger partial charge >= 0.3 is 0 Å². The molecule has 1 aliphatic rings. The fourth-order valence-electron chi connectivity index (χ4n) is 3.39. The zero-order valence-electron chi connectivity index (χ0n) is 15.3. The lowest BCUT2D eigenvalue weighted by Crippen LogP contribution is -2.40. The van der Waals surface area contributed by atoms with Crippen LogP contribution in [0.5, 0.6) is 0 Å². The molecule has 2 aromatic carbocycles. The minimum absolute atomic E-state index is 0.560. The van der Waals surface area contributed by atoms with E-state index in [-0.39, 0.29) is 0 Å². The zero-order chi connectivity index (χ0) is 17.5. The molecule has 0 unspecified atom stereocenters. The van der Waals surface area contributed by atoms with Crippen LogP contribution >= 0.6 is 11.9 Å². The van der Waals surface area contributed by atoms with Gasteiger partial charge in [-0.2, -0.15) is 0 Å². The van der Waals surface area contributed by atoms with E-state index in [0.717, 1.165) is 26.2 Å². The van der Waals surface area contributed by atoms with Crippen molar-refractivity contribution in [3.05, 3.63) is 54.6 Å². The molecule has 0 amide bonds. The van der Waals surface area contributed by atoms with Crippen LogP contribution in [0.15, 0.2) is 59.5 Å². The highest BCUT2D eigenvalue weighted by atomic mass is 32.2. The predicted octanol–water partition coefficient (Wildman–Crippen LogP) is 4.93. The minimum Gasteiger partial charge on any atom is -0.338 e. The smallest absolute Gasteiger partial charge is 0.0414 e. The average Bonchev–Trinajstić information content (AvgIpc) is 2.69. The van der Waals surface area contributed by atoms with Gasteiger partial charge in [0.25, 0.3) is 0 Å². The second kappa shape index (κ2) is 9.27. The van der Waals surface area contributed by atoms with Gasteiger partial charge in [-0.1, -0.05) is 32.0 Å². The molecular weight excluding hydrogens is 326 g/mol. The molecule has 0 spiro atoms. The number of nitrogens with one attached hydrogen (secondary N) is 1. The molecule has 0 aliphatic carbocycles. The summed E-state index contributed by atoms with van der Waals surface area (Å²) in [5, 5.41) is 3.48. The SMILES string of the molecule is CCN(CC)Sc1ccc(N(c2ccccc2)C2CCNCC2)cc1. The molecule has 1 N–H and O–H groups in total. The van der Waals surface area contributed by atoms with E-state index in [4.69, 9.17) is 0 Å². The van der Waals surface area contributed by atoms with E-state index in [9.17, 15) is 0 Å². The normalized spacial score (nSPS) is 15.5. The maximum Gasteiger partial charge on any atom is 0.0414 e. The molecule has 0 aromatic heterocycles. The number of para-hydroxylation sites is 1. The van der Waals surface area contributed by atoms with E-state index in [1.807, 2.05) is 11.9 Å². The van der Waals surface area contributed by atoms with Crippen LogP contribution in [0.25, 0.3) is 0 Å². The monoisotopic (exact) mass is 355 g/mol. The van der Waals surface area contributed by atoms with E-state index in [1.54, 1.807) is 0 Å². The molecule has 1 fully saturated rings. The Balaban J connectivity index is 1.83. The molecule has 0 bridgehead atoms. The summed E-state index contributed by atoms with van der Waals surface area (Å²) >= 11 is 1.85. The van der Waals surface area contributed by atoms with Crippen LogP contribution in [0.3, 0.4) is 0 Å². The Morgan fingerprint density at radius 3 is 2.08 bits per heavy atom. The third kappa shape index (κ3) is 4.78. The zero-order valence-corrected chi connectivity index (χ0v) is 16.1. The van der Waals surface area contributed by atoms with Crippen molar-refractivity contribution in [3.8, 4) is 0 Å². The van der Waals surface area contributed by atoms with E-state index < -0.39 is 0 Å². The van der Waals surface area contributed by atoms with Crippen molar-refractivity contribution in [1.82, 2.24) is 9.62 Å². The van der Waals surface area contributed by atoms with Crippen LogP contribution in [-0.2, 0) is 0 Å². The first kappa shape index (κ1) is 18.3. The highest BCUT2D eigenvalue weighted by Gasteiger charge is 2.22. The molecule has 0 saturated carbocycles. The molecule has 1 heterocycles. The van der Waals surface area contributed by atoms with E-state index >= 15 is 0 Å². The summed E-state index contributed by atoms with van der Waals surface area (Å²) in [6.07, 6.45) is 2.37. The van der Waals surface area contributed by atoms with Crippen molar-refractivity contribution in [2.45, 2.75) is 37.6 Å². The third-order valence-corrected chi connectivity index (χ3v) is 6.02. The molecule has 1 saturated heterocycles. The van der Waals surface area contributed by atoms with E-state index in [0.29, 0.717) is 6.04 Å². The van der Waals surface area contributed by atoms with Crippen LogP contribution in [0.4, 0.5) is 11.4 Å². The summed E-state index contributed by atoms with van der Waals surface area (Å²) in [7, 11) is 0. The van der Waals surface area contributed by atoms with Crippen molar-refractivity contribution in [2.75, 3.05) is 31.1 Å². The Morgan fingerprint density at radius 1 is 0.880 bits per heavy atom. The summed E-state index contributed by atoms with van der Waals surface area (Å²) in [5.74, 6) is 0. The fourth-order valence-corrected chi connectivity index (χ4v) is 4.21.